The highest BCUT2D eigenvalue weighted by Gasteiger charge is 2.15. The number of rotatable bonds is 7. The number of benzene rings is 3. The van der Waals surface area contributed by atoms with Crippen LogP contribution >= 0.6 is 0 Å². The van der Waals surface area contributed by atoms with Crippen molar-refractivity contribution in [3.8, 4) is 28.5 Å². The maximum absolute atomic E-state index is 12.4. The number of carbonyl (C=O) groups is 1. The van der Waals surface area contributed by atoms with Crippen molar-refractivity contribution in [1.82, 2.24) is 4.98 Å². The van der Waals surface area contributed by atoms with E-state index in [2.05, 4.69) is 11.1 Å². The molecular formula is C25H23NO4. The number of esters is 1. The van der Waals surface area contributed by atoms with Crippen molar-refractivity contribution in [3.05, 3.63) is 78.4 Å². The van der Waals surface area contributed by atoms with E-state index in [0.717, 1.165) is 39.2 Å². The van der Waals surface area contributed by atoms with Crippen molar-refractivity contribution in [2.45, 2.75) is 12.8 Å². The lowest BCUT2D eigenvalue weighted by molar-refractivity contribution is -0.134. The summed E-state index contributed by atoms with van der Waals surface area (Å²) in [6.45, 7) is 0. The first-order valence-corrected chi connectivity index (χ1v) is 9.76. The minimum absolute atomic E-state index is 0.272. The van der Waals surface area contributed by atoms with Crippen LogP contribution in [0.2, 0.25) is 0 Å². The van der Waals surface area contributed by atoms with Crippen LogP contribution in [0.15, 0.2) is 72.8 Å². The number of aromatic nitrogens is 1. The molecule has 30 heavy (non-hydrogen) atoms. The monoisotopic (exact) mass is 401 g/mol. The molecule has 0 unspecified atom stereocenters. The van der Waals surface area contributed by atoms with Gasteiger partial charge in [0.05, 0.1) is 20.6 Å². The maximum atomic E-state index is 12.4. The van der Waals surface area contributed by atoms with E-state index in [9.17, 15) is 4.79 Å². The van der Waals surface area contributed by atoms with Crippen molar-refractivity contribution in [1.29, 1.82) is 0 Å². The summed E-state index contributed by atoms with van der Waals surface area (Å²) in [6, 6.07) is 23.0. The number of hydrogen-bond acceptors (Lipinski definition) is 4. The zero-order valence-corrected chi connectivity index (χ0v) is 17.0. The molecule has 5 nitrogen and oxygen atoms in total. The van der Waals surface area contributed by atoms with Crippen molar-refractivity contribution in [2.75, 3.05) is 14.2 Å². The third-order valence-electron chi connectivity index (χ3n) is 5.06. The summed E-state index contributed by atoms with van der Waals surface area (Å²) in [6.07, 6.45) is 0.845. The van der Waals surface area contributed by atoms with Crippen molar-refractivity contribution >= 4 is 16.9 Å². The fraction of sp³-hybridized carbons (Fsp3) is 0.160. The van der Waals surface area contributed by atoms with Crippen LogP contribution in [0, 0.1) is 0 Å². The number of H-pyrrole nitrogens is 1. The predicted octanol–water partition coefficient (Wildman–Crippen LogP) is 5.39. The Morgan fingerprint density at radius 3 is 2.07 bits per heavy atom. The van der Waals surface area contributed by atoms with Gasteiger partial charge in [0.1, 0.15) is 17.2 Å². The molecule has 0 bridgehead atoms. The Morgan fingerprint density at radius 2 is 1.40 bits per heavy atom. The molecule has 1 aromatic heterocycles. The Hall–Kier alpha value is -3.73. The molecule has 0 aliphatic heterocycles. The normalized spacial score (nSPS) is 10.7. The molecule has 0 atom stereocenters. The van der Waals surface area contributed by atoms with E-state index in [1.807, 2.05) is 42.5 Å². The molecule has 0 saturated carbocycles. The summed E-state index contributed by atoms with van der Waals surface area (Å²) < 4.78 is 15.9. The third kappa shape index (κ3) is 4.15. The fourth-order valence-electron chi connectivity index (χ4n) is 3.52. The number of hydrogen-bond donors (Lipinski definition) is 1. The topological polar surface area (TPSA) is 60.6 Å². The molecule has 5 heteroatoms. The van der Waals surface area contributed by atoms with E-state index in [0.29, 0.717) is 12.2 Å². The number of carbonyl (C=O) groups excluding carboxylic acids is 1. The van der Waals surface area contributed by atoms with Gasteiger partial charge < -0.3 is 19.2 Å². The molecule has 0 spiro atoms. The Kier molecular flexibility index (Phi) is 5.70. The van der Waals surface area contributed by atoms with Gasteiger partial charge in [-0.05, 0) is 72.1 Å². The van der Waals surface area contributed by atoms with Gasteiger partial charge in [-0.1, -0.05) is 18.2 Å². The smallest absolute Gasteiger partial charge is 0.311 e. The zero-order valence-electron chi connectivity index (χ0n) is 17.0. The summed E-state index contributed by atoms with van der Waals surface area (Å²) in [5.41, 5.74) is 4.20. The number of methoxy groups -OCH3 is 2. The Labute approximate surface area is 175 Å². The summed E-state index contributed by atoms with van der Waals surface area (Å²) in [5.74, 6) is 1.76. The van der Waals surface area contributed by atoms with E-state index in [1.54, 1.807) is 38.5 Å². The van der Waals surface area contributed by atoms with Crippen LogP contribution in [0.4, 0.5) is 0 Å². The molecule has 0 amide bonds. The van der Waals surface area contributed by atoms with Crippen molar-refractivity contribution in [3.63, 3.8) is 0 Å². The van der Waals surface area contributed by atoms with Crippen LogP contribution in [0.5, 0.6) is 17.2 Å². The largest absolute Gasteiger partial charge is 0.497 e. The van der Waals surface area contributed by atoms with Crippen LogP contribution < -0.4 is 14.2 Å². The minimum Gasteiger partial charge on any atom is -0.497 e. The quantitative estimate of drug-likeness (QED) is 0.333. The molecule has 1 N–H and O–H groups in total. The highest BCUT2D eigenvalue weighted by Crippen LogP contribution is 2.32. The Morgan fingerprint density at radius 1 is 0.800 bits per heavy atom. The molecular weight excluding hydrogens is 378 g/mol. The predicted molar refractivity (Wildman–Crippen MR) is 117 cm³/mol. The van der Waals surface area contributed by atoms with Gasteiger partial charge >= 0.3 is 5.97 Å². The van der Waals surface area contributed by atoms with Gasteiger partial charge in [0.25, 0.3) is 0 Å². The van der Waals surface area contributed by atoms with Gasteiger partial charge in [-0.25, -0.2) is 0 Å². The van der Waals surface area contributed by atoms with E-state index in [1.165, 1.54) is 0 Å². The number of nitrogens with one attached hydrogen (secondary N) is 1. The molecule has 0 saturated heterocycles. The lowest BCUT2D eigenvalue weighted by Gasteiger charge is -2.08. The van der Waals surface area contributed by atoms with Gasteiger partial charge in [-0.3, -0.25) is 4.79 Å². The molecule has 0 radical (unpaired) electrons. The first-order chi connectivity index (χ1) is 14.7. The van der Waals surface area contributed by atoms with Crippen LogP contribution in [0.1, 0.15) is 12.0 Å². The lowest BCUT2D eigenvalue weighted by Crippen LogP contribution is -2.09. The van der Waals surface area contributed by atoms with Crippen LogP contribution in [0.25, 0.3) is 22.2 Å². The van der Waals surface area contributed by atoms with Crippen molar-refractivity contribution < 1.29 is 19.0 Å². The fourth-order valence-corrected chi connectivity index (χ4v) is 3.52. The third-order valence-corrected chi connectivity index (χ3v) is 5.06. The van der Waals surface area contributed by atoms with Gasteiger partial charge in [-0.2, -0.15) is 0 Å². The second-order valence-electron chi connectivity index (χ2n) is 6.90. The van der Waals surface area contributed by atoms with Gasteiger partial charge in [0.2, 0.25) is 0 Å². The molecule has 0 aliphatic rings. The van der Waals surface area contributed by atoms with Gasteiger partial charge in [-0.15, -0.1) is 0 Å². The molecule has 4 aromatic rings. The summed E-state index contributed by atoms with van der Waals surface area (Å²) >= 11 is 0. The summed E-state index contributed by atoms with van der Waals surface area (Å²) in [4.78, 5) is 15.9. The van der Waals surface area contributed by atoms with Crippen LogP contribution in [0.3, 0.4) is 0 Å². The van der Waals surface area contributed by atoms with E-state index >= 15 is 0 Å². The number of aryl methyl sites for hydroxylation is 1. The summed E-state index contributed by atoms with van der Waals surface area (Å²) in [5, 5.41) is 1.11. The molecule has 3 aromatic carbocycles. The average molecular weight is 401 g/mol. The molecule has 1 heterocycles. The first kappa shape index (κ1) is 19.6. The molecule has 4 rings (SSSR count). The zero-order chi connectivity index (χ0) is 20.9. The van der Waals surface area contributed by atoms with Crippen molar-refractivity contribution in [2.24, 2.45) is 0 Å². The standard InChI is InChI=1S/C25H23NO4/c1-28-18-9-7-17(8-10-18)25-22(21-5-3-4-6-23(21)26-25)15-16-24(27)30-20-13-11-19(29-2)12-14-20/h3-14,26H,15-16H2,1-2H3. The second-order valence-corrected chi connectivity index (χ2v) is 6.90. The Bertz CT molecular complexity index is 1140. The molecule has 152 valence electrons. The molecule has 0 fully saturated rings. The SMILES string of the molecule is COc1ccc(OC(=O)CCc2c(-c3ccc(OC)cc3)[nH]c3ccccc23)cc1. The highest BCUT2D eigenvalue weighted by molar-refractivity contribution is 5.91. The van der Waals surface area contributed by atoms with E-state index < -0.39 is 0 Å². The number of ether oxygens (including phenoxy) is 3. The number of fused-ring (bicyclic) bond motifs is 1. The number of aromatic amines is 1. The lowest BCUT2D eigenvalue weighted by atomic mass is 10.0. The van der Waals surface area contributed by atoms with Crippen LogP contribution in [-0.2, 0) is 11.2 Å². The summed E-state index contributed by atoms with van der Waals surface area (Å²) in [7, 11) is 3.25. The highest BCUT2D eigenvalue weighted by atomic mass is 16.5. The maximum Gasteiger partial charge on any atom is 0.311 e. The number of para-hydroxylation sites is 1. The Balaban J connectivity index is 1.55. The molecule has 0 aliphatic carbocycles. The first-order valence-electron chi connectivity index (χ1n) is 9.76. The van der Waals surface area contributed by atoms with Gasteiger partial charge in [0.15, 0.2) is 0 Å². The second kappa shape index (κ2) is 8.74. The average Bonchev–Trinajstić information content (AvgIpc) is 3.17. The van der Waals surface area contributed by atoms with E-state index in [4.69, 9.17) is 14.2 Å². The van der Waals surface area contributed by atoms with E-state index in [-0.39, 0.29) is 12.4 Å². The minimum atomic E-state index is -0.272. The van der Waals surface area contributed by atoms with Gasteiger partial charge in [0, 0.05) is 16.6 Å². The van der Waals surface area contributed by atoms with Crippen LogP contribution in [-0.4, -0.2) is 25.2 Å².